The summed E-state index contributed by atoms with van der Waals surface area (Å²) in [5.41, 5.74) is 14.2. The summed E-state index contributed by atoms with van der Waals surface area (Å²) < 4.78 is 0. The van der Waals surface area contributed by atoms with E-state index in [1.807, 2.05) is 18.6 Å². The van der Waals surface area contributed by atoms with Crippen LogP contribution in [-0.2, 0) is 10.8 Å². The Bertz CT molecular complexity index is 2320. The minimum Gasteiger partial charge on any atom is -0.256 e. The van der Waals surface area contributed by atoms with Gasteiger partial charge in [0.15, 0.2) is 0 Å². The van der Waals surface area contributed by atoms with Gasteiger partial charge in [-0.15, -0.1) is 0 Å². The summed E-state index contributed by atoms with van der Waals surface area (Å²) in [7, 11) is 0. The van der Waals surface area contributed by atoms with Crippen molar-refractivity contribution in [3.05, 3.63) is 137 Å². The molecule has 6 aromatic rings. The maximum absolute atomic E-state index is 5.02. The minimum absolute atomic E-state index is 0.128. The Morgan fingerprint density at radius 1 is 0.600 bits per heavy atom. The molecule has 2 aliphatic carbocycles. The van der Waals surface area contributed by atoms with E-state index < -0.39 is 0 Å². The molecule has 0 N–H and O–H groups in total. The fraction of sp³-hybridized carbons (Fsp3) is 0.167. The molecule has 3 nitrogen and oxygen atoms in total. The molecule has 0 saturated heterocycles. The van der Waals surface area contributed by atoms with Crippen LogP contribution in [0.25, 0.3) is 60.8 Å². The van der Waals surface area contributed by atoms with Gasteiger partial charge in [-0.3, -0.25) is 15.0 Å². The van der Waals surface area contributed by atoms with Gasteiger partial charge in [0, 0.05) is 40.6 Å². The molecule has 0 unspecified atom stereocenters. The first kappa shape index (κ1) is 26.3. The molecule has 9 rings (SSSR count). The van der Waals surface area contributed by atoms with Crippen LogP contribution in [0.1, 0.15) is 56.5 Å². The second kappa shape index (κ2) is 9.18. The molecule has 216 valence electrons. The largest absolute Gasteiger partial charge is 0.256 e. The first-order valence-corrected chi connectivity index (χ1v) is 15.8. The van der Waals surface area contributed by atoms with Crippen molar-refractivity contribution in [2.75, 3.05) is 0 Å². The lowest BCUT2D eigenvalue weighted by atomic mass is 9.77. The van der Waals surface area contributed by atoms with Crippen LogP contribution in [0.5, 0.6) is 0 Å². The summed E-state index contributed by atoms with van der Waals surface area (Å²) in [6.45, 7) is 9.28. The van der Waals surface area contributed by atoms with Crippen LogP contribution in [0.4, 0.5) is 0 Å². The average molecular weight is 580 g/mol. The molecule has 0 amide bonds. The van der Waals surface area contributed by atoms with Crippen LogP contribution in [0.3, 0.4) is 0 Å². The van der Waals surface area contributed by atoms with Crippen LogP contribution < -0.4 is 0 Å². The van der Waals surface area contributed by atoms with Crippen molar-refractivity contribution in [1.82, 2.24) is 9.97 Å². The van der Waals surface area contributed by atoms with E-state index in [-0.39, 0.29) is 10.8 Å². The highest BCUT2D eigenvalue weighted by Crippen LogP contribution is 2.55. The molecule has 45 heavy (non-hydrogen) atoms. The number of allylic oxidation sites excluding steroid dienone is 3. The lowest BCUT2D eigenvalue weighted by molar-refractivity contribution is 0.626. The first-order valence-electron chi connectivity index (χ1n) is 15.8. The van der Waals surface area contributed by atoms with Gasteiger partial charge >= 0.3 is 0 Å². The third kappa shape index (κ3) is 3.55. The van der Waals surface area contributed by atoms with E-state index >= 15 is 0 Å². The summed E-state index contributed by atoms with van der Waals surface area (Å²) in [6, 6.07) is 31.6. The molecule has 0 radical (unpaired) electrons. The Kier molecular flexibility index (Phi) is 5.36. The van der Waals surface area contributed by atoms with E-state index in [2.05, 4.69) is 125 Å². The third-order valence-corrected chi connectivity index (χ3v) is 10.5. The molecule has 0 spiro atoms. The second-order valence-electron chi connectivity index (χ2n) is 13.6. The van der Waals surface area contributed by atoms with Crippen molar-refractivity contribution >= 4 is 33.5 Å². The van der Waals surface area contributed by atoms with Gasteiger partial charge in [-0.2, -0.15) is 0 Å². The molecule has 0 atom stereocenters. The van der Waals surface area contributed by atoms with Crippen LogP contribution in [0, 0.1) is 0 Å². The Hall–Kier alpha value is -5.15. The van der Waals surface area contributed by atoms with Crippen LogP contribution in [-0.4, -0.2) is 16.2 Å². The molecule has 5 aromatic carbocycles. The Morgan fingerprint density at radius 2 is 1.16 bits per heavy atom. The molecule has 0 saturated carbocycles. The number of aliphatic imine (C=N–C) groups is 1. The Balaban J connectivity index is 1.50. The SMILES string of the molecule is CC1(C)C2=C(N=CC=CC2)c2cc3c(-c4ccccc4)c4cc5c(cc4c(-c4ccccc4)c3cc21)-c1nccnc1C5(C)C. The number of rotatable bonds is 2. The standard InChI is InChI=1S/C42H33N3/c1-41(2)33-17-11-12-18-43-38(33)31-21-27-29(23-34(31)41)37(26-15-9-6-10-16-26)28-22-32-35(42(3,4)40-39(32)44-19-20-45-40)24-30(28)36(27)25-13-7-5-8-14-25/h5-16,18-24H,17H2,1-4H3. The zero-order valence-electron chi connectivity index (χ0n) is 26.0. The second-order valence-corrected chi connectivity index (χ2v) is 13.6. The molecular weight excluding hydrogens is 546 g/mol. The number of hydrogen-bond donors (Lipinski definition) is 0. The number of aromatic nitrogens is 2. The average Bonchev–Trinajstić information content (AvgIpc) is 3.26. The van der Waals surface area contributed by atoms with Crippen molar-refractivity contribution in [3.63, 3.8) is 0 Å². The lowest BCUT2D eigenvalue weighted by Crippen LogP contribution is -2.17. The van der Waals surface area contributed by atoms with E-state index in [0.29, 0.717) is 0 Å². The van der Waals surface area contributed by atoms with Gasteiger partial charge in [-0.25, -0.2) is 0 Å². The lowest BCUT2D eigenvalue weighted by Gasteiger charge is -2.26. The fourth-order valence-corrected chi connectivity index (χ4v) is 8.18. The molecule has 1 aliphatic heterocycles. The van der Waals surface area contributed by atoms with Gasteiger partial charge in [0.05, 0.1) is 17.1 Å². The van der Waals surface area contributed by atoms with Gasteiger partial charge in [-0.1, -0.05) is 94.4 Å². The van der Waals surface area contributed by atoms with Crippen molar-refractivity contribution in [3.8, 4) is 33.5 Å². The van der Waals surface area contributed by atoms with E-state index in [1.54, 1.807) is 0 Å². The third-order valence-electron chi connectivity index (χ3n) is 10.5. The zero-order chi connectivity index (χ0) is 30.5. The van der Waals surface area contributed by atoms with E-state index in [9.17, 15) is 0 Å². The molecular formula is C42H33N3. The highest BCUT2D eigenvalue weighted by Gasteiger charge is 2.40. The highest BCUT2D eigenvalue weighted by molar-refractivity contribution is 6.23. The topological polar surface area (TPSA) is 38.1 Å². The number of hydrogen-bond acceptors (Lipinski definition) is 3. The predicted octanol–water partition coefficient (Wildman–Crippen LogP) is 10.5. The number of benzene rings is 5. The smallest absolute Gasteiger partial charge is 0.0929 e. The first-order chi connectivity index (χ1) is 21.9. The fourth-order valence-electron chi connectivity index (χ4n) is 8.18. The molecule has 2 heterocycles. The number of nitrogens with zero attached hydrogens (tertiary/aromatic N) is 3. The summed E-state index contributed by atoms with van der Waals surface area (Å²) >= 11 is 0. The molecule has 3 heteroatoms. The maximum atomic E-state index is 5.02. The summed E-state index contributed by atoms with van der Waals surface area (Å²) in [6.07, 6.45) is 10.8. The van der Waals surface area contributed by atoms with Gasteiger partial charge < -0.3 is 0 Å². The molecule has 0 fully saturated rings. The molecule has 3 aliphatic rings. The van der Waals surface area contributed by atoms with Crippen molar-refractivity contribution in [2.45, 2.75) is 44.9 Å². The van der Waals surface area contributed by atoms with E-state index in [0.717, 1.165) is 23.5 Å². The van der Waals surface area contributed by atoms with Crippen LogP contribution in [0.2, 0.25) is 0 Å². The molecule has 0 bridgehead atoms. The Labute approximate surface area is 263 Å². The monoisotopic (exact) mass is 579 g/mol. The van der Waals surface area contributed by atoms with Crippen molar-refractivity contribution in [1.29, 1.82) is 0 Å². The van der Waals surface area contributed by atoms with Gasteiger partial charge in [-0.05, 0) is 97.3 Å². The van der Waals surface area contributed by atoms with Gasteiger partial charge in [0.2, 0.25) is 0 Å². The highest BCUT2D eigenvalue weighted by atomic mass is 14.8. The maximum Gasteiger partial charge on any atom is 0.0929 e. The van der Waals surface area contributed by atoms with E-state index in [4.69, 9.17) is 15.0 Å². The predicted molar refractivity (Wildman–Crippen MR) is 188 cm³/mol. The zero-order valence-corrected chi connectivity index (χ0v) is 26.0. The summed E-state index contributed by atoms with van der Waals surface area (Å²) in [5, 5.41) is 5.03. The van der Waals surface area contributed by atoms with Gasteiger partial charge in [0.1, 0.15) is 0 Å². The quantitative estimate of drug-likeness (QED) is 0.191. The van der Waals surface area contributed by atoms with Crippen molar-refractivity contribution < 1.29 is 0 Å². The summed E-state index contributed by atoms with van der Waals surface area (Å²) in [5.74, 6) is 0. The van der Waals surface area contributed by atoms with E-state index in [1.165, 1.54) is 71.6 Å². The minimum atomic E-state index is -0.257. The summed E-state index contributed by atoms with van der Waals surface area (Å²) in [4.78, 5) is 14.7. The Morgan fingerprint density at radius 3 is 1.80 bits per heavy atom. The number of fused-ring (bicyclic) bond motifs is 7. The van der Waals surface area contributed by atoms with Gasteiger partial charge in [0.25, 0.3) is 0 Å². The van der Waals surface area contributed by atoms with Crippen LogP contribution in [0.15, 0.2) is 120 Å². The van der Waals surface area contributed by atoms with Crippen molar-refractivity contribution in [2.24, 2.45) is 4.99 Å². The normalized spacial score (nSPS) is 16.9. The van der Waals surface area contributed by atoms with Crippen LogP contribution >= 0.6 is 0 Å². The molecule has 1 aromatic heterocycles.